The van der Waals surface area contributed by atoms with Crippen molar-refractivity contribution in [3.05, 3.63) is 11.6 Å². The van der Waals surface area contributed by atoms with E-state index in [-0.39, 0.29) is 6.10 Å². The van der Waals surface area contributed by atoms with E-state index in [2.05, 4.69) is 33.8 Å². The van der Waals surface area contributed by atoms with Crippen molar-refractivity contribution in [3.8, 4) is 0 Å². The van der Waals surface area contributed by atoms with Crippen molar-refractivity contribution in [1.29, 1.82) is 0 Å². The summed E-state index contributed by atoms with van der Waals surface area (Å²) in [5, 5.41) is 10.2. The maximum Gasteiger partial charge on any atom is 0.0577 e. The van der Waals surface area contributed by atoms with Crippen molar-refractivity contribution < 1.29 is 5.11 Å². The van der Waals surface area contributed by atoms with E-state index >= 15 is 0 Å². The summed E-state index contributed by atoms with van der Waals surface area (Å²) in [6.07, 6.45) is 16.6. The molecule has 3 fully saturated rings. The number of nitrogens with two attached hydrogens (primary N) is 1. The van der Waals surface area contributed by atoms with Gasteiger partial charge in [0.25, 0.3) is 0 Å². The number of aliphatic hydroxyl groups is 1. The normalized spacial score (nSPS) is 47.5. The molecule has 0 spiro atoms. The fraction of sp³-hybridized carbons (Fsp3) is 0.923. The van der Waals surface area contributed by atoms with E-state index in [4.69, 9.17) is 5.73 Å². The maximum atomic E-state index is 10.2. The number of allylic oxidation sites excluding steroid dienone is 1. The molecule has 0 radical (unpaired) electrons. The van der Waals surface area contributed by atoms with Crippen LogP contribution in [0.1, 0.15) is 98.3 Å². The van der Waals surface area contributed by atoms with E-state index in [1.807, 2.05) is 0 Å². The molecule has 9 unspecified atom stereocenters. The van der Waals surface area contributed by atoms with Gasteiger partial charge in [0.2, 0.25) is 0 Å². The lowest BCUT2D eigenvalue weighted by Crippen LogP contribution is -2.50. The smallest absolute Gasteiger partial charge is 0.0577 e. The van der Waals surface area contributed by atoms with Crippen LogP contribution in [-0.4, -0.2) is 17.3 Å². The predicted molar refractivity (Wildman–Crippen MR) is 118 cm³/mol. The SMILES string of the molecule is CC(N)CCCC(C)C1CCC2C3CC=C4CC(O)CCC4(C)C3CCC12C. The molecule has 9 atom stereocenters. The van der Waals surface area contributed by atoms with Gasteiger partial charge in [-0.15, -0.1) is 0 Å². The van der Waals surface area contributed by atoms with Crippen LogP contribution in [0, 0.1) is 40.4 Å². The molecule has 0 aliphatic heterocycles. The van der Waals surface area contributed by atoms with E-state index in [0.717, 1.165) is 42.4 Å². The van der Waals surface area contributed by atoms with Crippen LogP contribution in [0.3, 0.4) is 0 Å². The highest BCUT2D eigenvalue weighted by Gasteiger charge is 2.59. The van der Waals surface area contributed by atoms with Crippen LogP contribution in [-0.2, 0) is 0 Å². The topological polar surface area (TPSA) is 46.2 Å². The first-order chi connectivity index (χ1) is 13.3. The highest BCUT2D eigenvalue weighted by Crippen LogP contribution is 2.67. The van der Waals surface area contributed by atoms with E-state index in [1.54, 1.807) is 5.57 Å². The summed E-state index contributed by atoms with van der Waals surface area (Å²) in [6, 6.07) is 0.354. The van der Waals surface area contributed by atoms with Crippen molar-refractivity contribution in [2.24, 2.45) is 46.2 Å². The van der Waals surface area contributed by atoms with Crippen LogP contribution < -0.4 is 5.73 Å². The summed E-state index contributed by atoms with van der Waals surface area (Å²) >= 11 is 0. The van der Waals surface area contributed by atoms with E-state index in [9.17, 15) is 5.11 Å². The van der Waals surface area contributed by atoms with Gasteiger partial charge in [-0.1, -0.05) is 45.3 Å². The lowest BCUT2D eigenvalue weighted by molar-refractivity contribution is -0.0572. The van der Waals surface area contributed by atoms with Crippen molar-refractivity contribution in [2.75, 3.05) is 0 Å². The quantitative estimate of drug-likeness (QED) is 0.562. The van der Waals surface area contributed by atoms with Crippen molar-refractivity contribution in [3.63, 3.8) is 0 Å². The first kappa shape index (κ1) is 20.9. The van der Waals surface area contributed by atoms with Gasteiger partial charge in [0, 0.05) is 6.04 Å². The molecule has 0 bridgehead atoms. The Morgan fingerprint density at radius 1 is 1.07 bits per heavy atom. The zero-order chi connectivity index (χ0) is 20.1. The molecule has 160 valence electrons. The summed E-state index contributed by atoms with van der Waals surface area (Å²) in [4.78, 5) is 0. The second-order valence-electron chi connectivity index (χ2n) is 11.8. The third-order valence-corrected chi connectivity index (χ3v) is 10.2. The van der Waals surface area contributed by atoms with Gasteiger partial charge in [-0.2, -0.15) is 0 Å². The van der Waals surface area contributed by atoms with Crippen LogP contribution in [0.4, 0.5) is 0 Å². The van der Waals surface area contributed by atoms with Crippen LogP contribution in [0.2, 0.25) is 0 Å². The van der Waals surface area contributed by atoms with Crippen molar-refractivity contribution in [1.82, 2.24) is 0 Å². The molecule has 0 amide bonds. The molecule has 0 saturated heterocycles. The van der Waals surface area contributed by atoms with Gasteiger partial charge in [-0.25, -0.2) is 0 Å². The lowest BCUT2D eigenvalue weighted by Gasteiger charge is -2.58. The molecular weight excluding hydrogens is 342 g/mol. The molecule has 28 heavy (non-hydrogen) atoms. The summed E-state index contributed by atoms with van der Waals surface area (Å²) < 4.78 is 0. The first-order valence-corrected chi connectivity index (χ1v) is 12.4. The molecule has 4 aliphatic carbocycles. The molecule has 3 N–H and O–H groups in total. The predicted octanol–water partition coefficient (Wildman–Crippen LogP) is 6.08. The Balaban J connectivity index is 1.49. The molecule has 3 saturated carbocycles. The Kier molecular flexibility index (Phi) is 5.77. The molecule has 2 heteroatoms. The fourth-order valence-electron chi connectivity index (χ4n) is 8.58. The fourth-order valence-corrected chi connectivity index (χ4v) is 8.58. The van der Waals surface area contributed by atoms with Gasteiger partial charge in [0.1, 0.15) is 0 Å². The Morgan fingerprint density at radius 2 is 1.86 bits per heavy atom. The number of rotatable bonds is 5. The van der Waals surface area contributed by atoms with Gasteiger partial charge in [0.05, 0.1) is 6.10 Å². The molecule has 4 aliphatic rings. The summed E-state index contributed by atoms with van der Waals surface area (Å²) in [7, 11) is 0. The standard InChI is InChI=1S/C26H45NO/c1-17(6-5-7-18(2)27)22-10-11-23-21-9-8-19-16-20(28)12-14-25(19,3)24(21)13-15-26(22,23)4/h8,17-18,20-24,28H,5-7,9-16,27H2,1-4H3. The third kappa shape index (κ3) is 3.41. The van der Waals surface area contributed by atoms with Crippen LogP contribution in [0.25, 0.3) is 0 Å². The molecule has 0 aromatic heterocycles. The Bertz CT molecular complexity index is 597. The van der Waals surface area contributed by atoms with Crippen LogP contribution >= 0.6 is 0 Å². The zero-order valence-corrected chi connectivity index (χ0v) is 18.9. The first-order valence-electron chi connectivity index (χ1n) is 12.4. The molecule has 0 aromatic rings. The Hall–Kier alpha value is -0.340. The Labute approximate surface area is 173 Å². The van der Waals surface area contributed by atoms with Crippen molar-refractivity contribution in [2.45, 2.75) is 110 Å². The summed E-state index contributed by atoms with van der Waals surface area (Å²) in [6.45, 7) is 9.90. The number of hydrogen-bond acceptors (Lipinski definition) is 2. The minimum absolute atomic E-state index is 0.0855. The average molecular weight is 388 g/mol. The van der Waals surface area contributed by atoms with Gasteiger partial charge >= 0.3 is 0 Å². The second kappa shape index (κ2) is 7.73. The Morgan fingerprint density at radius 3 is 2.61 bits per heavy atom. The van der Waals surface area contributed by atoms with Crippen molar-refractivity contribution >= 4 is 0 Å². The molecule has 0 aromatic carbocycles. The third-order valence-electron chi connectivity index (χ3n) is 10.2. The number of aliphatic hydroxyl groups excluding tert-OH is 1. The van der Waals surface area contributed by atoms with E-state index in [0.29, 0.717) is 16.9 Å². The van der Waals surface area contributed by atoms with Gasteiger partial charge in [-0.05, 0) is 105 Å². The maximum absolute atomic E-state index is 10.2. The minimum Gasteiger partial charge on any atom is -0.393 e. The monoisotopic (exact) mass is 387 g/mol. The number of hydrogen-bond donors (Lipinski definition) is 2. The summed E-state index contributed by atoms with van der Waals surface area (Å²) in [5.74, 6) is 4.45. The highest BCUT2D eigenvalue weighted by atomic mass is 16.3. The molecule has 0 heterocycles. The molecule has 2 nitrogen and oxygen atoms in total. The van der Waals surface area contributed by atoms with Gasteiger partial charge in [-0.3, -0.25) is 0 Å². The second-order valence-corrected chi connectivity index (χ2v) is 11.8. The number of fused-ring (bicyclic) bond motifs is 5. The van der Waals surface area contributed by atoms with E-state index in [1.165, 1.54) is 57.8 Å². The lowest BCUT2D eigenvalue weighted by atomic mass is 9.47. The molecular formula is C26H45NO. The van der Waals surface area contributed by atoms with E-state index < -0.39 is 0 Å². The van der Waals surface area contributed by atoms with Gasteiger partial charge in [0.15, 0.2) is 0 Å². The minimum atomic E-state index is -0.0855. The van der Waals surface area contributed by atoms with Crippen LogP contribution in [0.5, 0.6) is 0 Å². The largest absolute Gasteiger partial charge is 0.393 e. The van der Waals surface area contributed by atoms with Crippen LogP contribution in [0.15, 0.2) is 11.6 Å². The zero-order valence-electron chi connectivity index (χ0n) is 18.9. The average Bonchev–Trinajstić information content (AvgIpc) is 2.99. The molecule has 4 rings (SSSR count). The van der Waals surface area contributed by atoms with Gasteiger partial charge < -0.3 is 10.8 Å². The highest BCUT2D eigenvalue weighted by molar-refractivity contribution is 5.25. The summed E-state index contributed by atoms with van der Waals surface area (Å²) in [5.41, 5.74) is 8.54.